The van der Waals surface area contributed by atoms with Gasteiger partial charge in [0.1, 0.15) is 0 Å². The molecule has 0 bridgehead atoms. The Labute approximate surface area is 284 Å². The summed E-state index contributed by atoms with van der Waals surface area (Å²) in [5.74, 6) is 0. The fourth-order valence-corrected chi connectivity index (χ4v) is 7.62. The van der Waals surface area contributed by atoms with Crippen molar-refractivity contribution in [3.05, 3.63) is 181 Å². The van der Waals surface area contributed by atoms with Crippen LogP contribution in [-0.4, -0.2) is 4.57 Å². The van der Waals surface area contributed by atoms with Gasteiger partial charge in [-0.1, -0.05) is 133 Å². The predicted octanol–water partition coefficient (Wildman–Crippen LogP) is 12.5. The van der Waals surface area contributed by atoms with Gasteiger partial charge in [-0.2, -0.15) is 5.26 Å². The zero-order chi connectivity index (χ0) is 32.9. The summed E-state index contributed by atoms with van der Waals surface area (Å²) in [4.78, 5) is 4.29. The lowest BCUT2D eigenvalue weighted by molar-refractivity contribution is 1.18. The summed E-state index contributed by atoms with van der Waals surface area (Å²) >= 11 is 0. The van der Waals surface area contributed by atoms with Crippen molar-refractivity contribution in [2.45, 2.75) is 0 Å². The minimum absolute atomic E-state index is 0.616. The molecule has 9 rings (SSSR count). The minimum Gasteiger partial charge on any atom is -0.309 e. The van der Waals surface area contributed by atoms with Gasteiger partial charge in [0.15, 0.2) is 0 Å². The second-order valence-electron chi connectivity index (χ2n) is 12.2. The van der Waals surface area contributed by atoms with E-state index in [1.54, 1.807) is 0 Å². The third-order valence-electron chi connectivity index (χ3n) is 9.65. The topological polar surface area (TPSA) is 33.1 Å². The van der Waals surface area contributed by atoms with Crippen LogP contribution in [0.4, 0.5) is 5.69 Å². The summed E-state index contributed by atoms with van der Waals surface area (Å²) in [6, 6.07) is 58.8. The average Bonchev–Trinajstić information content (AvgIpc) is 3.50. The Morgan fingerprint density at radius 2 is 1.02 bits per heavy atom. The first kappa shape index (κ1) is 28.3. The Kier molecular flexibility index (Phi) is 6.58. The highest BCUT2D eigenvalue weighted by Gasteiger charge is 2.22. The monoisotopic (exact) mass is 621 g/mol. The first-order chi connectivity index (χ1) is 24.3. The third-order valence-corrected chi connectivity index (χ3v) is 9.65. The molecule has 0 saturated heterocycles. The molecule has 0 radical (unpaired) electrons. The first-order valence-electron chi connectivity index (χ1n) is 16.3. The molecule has 3 nitrogen and oxygen atoms in total. The van der Waals surface area contributed by atoms with Gasteiger partial charge in [-0.25, -0.2) is 4.85 Å². The fraction of sp³-hybridized carbons (Fsp3) is 0. The van der Waals surface area contributed by atoms with Crippen LogP contribution in [0.15, 0.2) is 164 Å². The maximum absolute atomic E-state index is 9.68. The van der Waals surface area contributed by atoms with E-state index in [0.29, 0.717) is 11.3 Å². The molecule has 0 aliphatic rings. The quantitative estimate of drug-likeness (QED) is 0.142. The molecule has 1 aromatic heterocycles. The summed E-state index contributed by atoms with van der Waals surface area (Å²) < 4.78 is 2.26. The molecule has 1 heterocycles. The van der Waals surface area contributed by atoms with Crippen molar-refractivity contribution in [3.63, 3.8) is 0 Å². The van der Waals surface area contributed by atoms with Crippen LogP contribution in [0.1, 0.15) is 5.56 Å². The smallest absolute Gasteiger partial charge is 0.202 e. The lowest BCUT2D eigenvalue weighted by Crippen LogP contribution is -1.97. The van der Waals surface area contributed by atoms with Gasteiger partial charge in [0.2, 0.25) is 5.69 Å². The second kappa shape index (κ2) is 11.4. The normalized spacial score (nSPS) is 11.2. The minimum atomic E-state index is 0.616. The Morgan fingerprint density at radius 1 is 0.469 bits per heavy atom. The van der Waals surface area contributed by atoms with Crippen molar-refractivity contribution < 1.29 is 0 Å². The molecule has 49 heavy (non-hydrogen) atoms. The number of hydrogen-bond acceptors (Lipinski definition) is 1. The Balaban J connectivity index is 1.35. The molecule has 9 aromatic rings. The van der Waals surface area contributed by atoms with Gasteiger partial charge in [-0.15, -0.1) is 0 Å². The van der Waals surface area contributed by atoms with Gasteiger partial charge in [-0.05, 0) is 85.3 Å². The fourth-order valence-electron chi connectivity index (χ4n) is 7.62. The van der Waals surface area contributed by atoms with Gasteiger partial charge in [0.05, 0.1) is 34.9 Å². The number of nitriles is 1. The van der Waals surface area contributed by atoms with E-state index in [9.17, 15) is 5.26 Å². The summed E-state index contributed by atoms with van der Waals surface area (Å²) in [6.07, 6.45) is 0. The molecule has 8 aromatic carbocycles. The predicted molar refractivity (Wildman–Crippen MR) is 203 cm³/mol. The van der Waals surface area contributed by atoms with Gasteiger partial charge in [0.25, 0.3) is 0 Å². The van der Waals surface area contributed by atoms with E-state index >= 15 is 0 Å². The number of nitrogens with zero attached hydrogens (tertiary/aromatic N) is 3. The average molecular weight is 622 g/mol. The summed E-state index contributed by atoms with van der Waals surface area (Å²) in [7, 11) is 0. The van der Waals surface area contributed by atoms with E-state index < -0.39 is 0 Å². The molecule has 0 aliphatic carbocycles. The number of rotatable bonds is 4. The molecule has 3 heteroatoms. The van der Waals surface area contributed by atoms with Gasteiger partial charge < -0.3 is 4.57 Å². The van der Waals surface area contributed by atoms with Crippen molar-refractivity contribution in [2.75, 3.05) is 0 Å². The number of benzene rings is 8. The lowest BCUT2D eigenvalue weighted by atomic mass is 9.84. The molecule has 0 unspecified atom stereocenters. The van der Waals surface area contributed by atoms with E-state index in [0.717, 1.165) is 71.3 Å². The van der Waals surface area contributed by atoms with Crippen LogP contribution in [-0.2, 0) is 0 Å². The van der Waals surface area contributed by atoms with Gasteiger partial charge in [-0.3, -0.25) is 0 Å². The maximum Gasteiger partial charge on any atom is 0.202 e. The standard InChI is InChI=1S/C46H27N3/c1-48-46-38(32-16-9-11-24-41(32)49-42-25-12-10-17-33(42)40-28-30(29-47)26-27-43(40)49)22-13-23-39(46)45-36-20-7-5-18-34(36)44(31-14-3-2-4-15-31)35-19-6-8-21-37(35)45/h2-28H. The van der Waals surface area contributed by atoms with E-state index in [1.807, 2.05) is 42.5 Å². The van der Waals surface area contributed by atoms with Crippen LogP contribution < -0.4 is 0 Å². The molecular formula is C46H27N3. The molecule has 0 atom stereocenters. The Bertz CT molecular complexity index is 2790. The summed E-state index contributed by atoms with van der Waals surface area (Å²) in [6.45, 7) is 8.66. The highest BCUT2D eigenvalue weighted by Crippen LogP contribution is 2.49. The number of para-hydroxylation sites is 3. The van der Waals surface area contributed by atoms with Crippen molar-refractivity contribution in [2.24, 2.45) is 0 Å². The highest BCUT2D eigenvalue weighted by molar-refractivity contribution is 6.23. The van der Waals surface area contributed by atoms with E-state index in [2.05, 4.69) is 137 Å². The zero-order valence-corrected chi connectivity index (χ0v) is 26.4. The molecule has 0 saturated carbocycles. The van der Waals surface area contributed by atoms with Crippen LogP contribution in [0.3, 0.4) is 0 Å². The van der Waals surface area contributed by atoms with Crippen molar-refractivity contribution in [3.8, 4) is 45.1 Å². The number of hydrogen-bond donors (Lipinski definition) is 0. The van der Waals surface area contributed by atoms with Crippen LogP contribution >= 0.6 is 0 Å². The molecule has 0 amide bonds. The summed E-state index contributed by atoms with van der Waals surface area (Å²) in [5.41, 5.74) is 10.5. The van der Waals surface area contributed by atoms with Gasteiger partial charge >= 0.3 is 0 Å². The van der Waals surface area contributed by atoms with Crippen molar-refractivity contribution in [1.82, 2.24) is 4.57 Å². The molecule has 0 fully saturated rings. The maximum atomic E-state index is 9.68. The molecule has 0 N–H and O–H groups in total. The second-order valence-corrected chi connectivity index (χ2v) is 12.2. The van der Waals surface area contributed by atoms with E-state index in [4.69, 9.17) is 6.57 Å². The number of aromatic nitrogens is 1. The highest BCUT2D eigenvalue weighted by atomic mass is 15.0. The van der Waals surface area contributed by atoms with Crippen LogP contribution in [0.25, 0.3) is 87.3 Å². The van der Waals surface area contributed by atoms with Crippen LogP contribution in [0.5, 0.6) is 0 Å². The molecule has 226 valence electrons. The summed E-state index contributed by atoms with van der Waals surface area (Å²) in [5, 5.41) is 16.3. The van der Waals surface area contributed by atoms with Gasteiger partial charge in [0, 0.05) is 10.8 Å². The van der Waals surface area contributed by atoms with E-state index in [1.165, 1.54) is 11.1 Å². The zero-order valence-electron chi connectivity index (χ0n) is 26.4. The molecular weight excluding hydrogens is 595 g/mol. The first-order valence-corrected chi connectivity index (χ1v) is 16.3. The van der Waals surface area contributed by atoms with Crippen LogP contribution in [0, 0.1) is 17.9 Å². The Hall–Kier alpha value is -6.94. The SMILES string of the molecule is [C-]#[N+]c1c(-c2ccccc2-n2c3ccccc3c3cc(C#N)ccc32)cccc1-c1c2ccccc2c(-c2ccccc2)c2ccccc12. The van der Waals surface area contributed by atoms with Crippen LogP contribution in [0.2, 0.25) is 0 Å². The Morgan fingerprint density at radius 3 is 1.71 bits per heavy atom. The lowest BCUT2D eigenvalue weighted by Gasteiger charge is -2.20. The van der Waals surface area contributed by atoms with E-state index in [-0.39, 0.29) is 0 Å². The number of fused-ring (bicyclic) bond motifs is 5. The largest absolute Gasteiger partial charge is 0.309 e. The molecule has 0 spiro atoms. The molecule has 0 aliphatic heterocycles. The van der Waals surface area contributed by atoms with Crippen molar-refractivity contribution in [1.29, 1.82) is 5.26 Å². The van der Waals surface area contributed by atoms with Crippen molar-refractivity contribution >= 4 is 49.0 Å². The third kappa shape index (κ3) is 4.35.